The number of tetrazole rings is 1. The Morgan fingerprint density at radius 1 is 1.24 bits per heavy atom. The van der Waals surface area contributed by atoms with Crippen molar-refractivity contribution in [2.45, 2.75) is 18.5 Å². The molecule has 0 aromatic carbocycles. The molecule has 1 aliphatic rings. The van der Waals surface area contributed by atoms with E-state index in [0.29, 0.717) is 44.1 Å². The van der Waals surface area contributed by atoms with Gasteiger partial charge in [0.15, 0.2) is 5.82 Å². The van der Waals surface area contributed by atoms with Crippen LogP contribution in [0.15, 0.2) is 12.1 Å². The van der Waals surface area contributed by atoms with Crippen molar-refractivity contribution in [3.8, 4) is 11.8 Å². The highest BCUT2D eigenvalue weighted by molar-refractivity contribution is 5.96. The maximum atomic E-state index is 13.2. The number of methoxy groups -OCH3 is 3. The highest BCUT2D eigenvalue weighted by Gasteiger charge is 2.47. The molecular formula is C18H27N7O4. The molecule has 1 saturated heterocycles. The third-order valence-electron chi connectivity index (χ3n) is 5.31. The zero-order valence-electron chi connectivity index (χ0n) is 17.5. The van der Waals surface area contributed by atoms with Crippen LogP contribution in [-0.4, -0.2) is 96.0 Å². The highest BCUT2D eigenvalue weighted by Crippen LogP contribution is 2.36. The summed E-state index contributed by atoms with van der Waals surface area (Å²) in [5.41, 5.74) is -0.109. The van der Waals surface area contributed by atoms with Crippen LogP contribution in [0.3, 0.4) is 0 Å². The Morgan fingerprint density at radius 2 is 2.03 bits per heavy atom. The number of likely N-dealkylation sites (N-methyl/N-ethyl adjacent to an activating group) is 1. The van der Waals surface area contributed by atoms with E-state index in [1.54, 1.807) is 28.8 Å². The van der Waals surface area contributed by atoms with Gasteiger partial charge in [0.1, 0.15) is 11.1 Å². The largest absolute Gasteiger partial charge is 0.481 e. The van der Waals surface area contributed by atoms with Gasteiger partial charge in [-0.25, -0.2) is 4.68 Å². The van der Waals surface area contributed by atoms with Crippen LogP contribution in [0.1, 0.15) is 22.6 Å². The average Bonchev–Trinajstić information content (AvgIpc) is 3.39. The summed E-state index contributed by atoms with van der Waals surface area (Å²) in [6.45, 7) is 2.04. The van der Waals surface area contributed by atoms with E-state index in [-0.39, 0.29) is 11.8 Å². The first kappa shape index (κ1) is 20.9. The monoisotopic (exact) mass is 405 g/mol. The van der Waals surface area contributed by atoms with Crippen LogP contribution in [0.25, 0.3) is 0 Å². The maximum Gasteiger partial charge on any atom is 0.259 e. The van der Waals surface area contributed by atoms with Gasteiger partial charge in [-0.05, 0) is 37.0 Å². The molecule has 1 atom stereocenters. The average molecular weight is 405 g/mol. The lowest BCUT2D eigenvalue weighted by molar-refractivity contribution is 0.0732. The molecule has 11 nitrogen and oxygen atoms in total. The van der Waals surface area contributed by atoms with Crippen molar-refractivity contribution in [2.75, 3.05) is 55.1 Å². The van der Waals surface area contributed by atoms with Gasteiger partial charge in [0, 0.05) is 26.3 Å². The fraction of sp³-hybridized carbons (Fsp3) is 0.611. The van der Waals surface area contributed by atoms with E-state index in [1.807, 2.05) is 14.1 Å². The van der Waals surface area contributed by atoms with Gasteiger partial charge in [-0.15, -0.1) is 5.10 Å². The third-order valence-corrected chi connectivity index (χ3v) is 5.31. The van der Waals surface area contributed by atoms with Crippen LogP contribution in [-0.2, 0) is 16.8 Å². The predicted octanol–water partition coefficient (Wildman–Crippen LogP) is 0.0347. The minimum absolute atomic E-state index is 0.156. The van der Waals surface area contributed by atoms with E-state index < -0.39 is 5.54 Å². The van der Waals surface area contributed by atoms with Gasteiger partial charge >= 0.3 is 0 Å². The molecule has 1 fully saturated rings. The summed E-state index contributed by atoms with van der Waals surface area (Å²) in [5.74, 6) is 1.19. The summed E-state index contributed by atoms with van der Waals surface area (Å²) in [7, 11) is 8.58. The Bertz CT molecular complexity index is 856. The van der Waals surface area contributed by atoms with Crippen molar-refractivity contribution in [1.29, 1.82) is 0 Å². The molecule has 1 amide bonds. The second-order valence-corrected chi connectivity index (χ2v) is 7.03. The second kappa shape index (κ2) is 8.70. The molecule has 0 spiro atoms. The number of rotatable bonds is 8. The van der Waals surface area contributed by atoms with Crippen molar-refractivity contribution in [3.63, 3.8) is 0 Å². The molecule has 29 heavy (non-hydrogen) atoms. The Hall–Kier alpha value is -2.79. The number of pyridine rings is 1. The van der Waals surface area contributed by atoms with Gasteiger partial charge in [-0.3, -0.25) is 9.69 Å². The van der Waals surface area contributed by atoms with Crippen molar-refractivity contribution < 1.29 is 19.0 Å². The van der Waals surface area contributed by atoms with Crippen molar-refractivity contribution in [1.82, 2.24) is 35.0 Å². The Morgan fingerprint density at radius 3 is 2.69 bits per heavy atom. The first-order chi connectivity index (χ1) is 14.0. The zero-order chi connectivity index (χ0) is 21.0. The van der Waals surface area contributed by atoms with Gasteiger partial charge in [0.05, 0.1) is 27.4 Å². The number of carbonyl (C=O) groups excluding carboxylic acids is 1. The van der Waals surface area contributed by atoms with E-state index in [0.717, 1.165) is 5.82 Å². The molecule has 2 aromatic rings. The van der Waals surface area contributed by atoms with Gasteiger partial charge in [0.25, 0.3) is 5.91 Å². The molecule has 11 heteroatoms. The minimum Gasteiger partial charge on any atom is -0.481 e. The first-order valence-electron chi connectivity index (χ1n) is 9.28. The number of amides is 1. The van der Waals surface area contributed by atoms with Crippen LogP contribution in [0.2, 0.25) is 0 Å². The number of ether oxygens (including phenoxy) is 3. The molecule has 1 aliphatic heterocycles. The number of likely N-dealkylation sites (tertiary alicyclic amines) is 1. The van der Waals surface area contributed by atoms with E-state index in [4.69, 9.17) is 14.2 Å². The molecular weight excluding hydrogens is 378 g/mol. The fourth-order valence-electron chi connectivity index (χ4n) is 3.61. The molecule has 3 heterocycles. The maximum absolute atomic E-state index is 13.2. The molecule has 0 bridgehead atoms. The van der Waals surface area contributed by atoms with Gasteiger partial charge in [0.2, 0.25) is 11.8 Å². The quantitative estimate of drug-likeness (QED) is 0.601. The van der Waals surface area contributed by atoms with Crippen molar-refractivity contribution >= 4 is 5.91 Å². The Kier molecular flexibility index (Phi) is 6.28. The lowest BCUT2D eigenvalue weighted by atomic mass is 9.96. The smallest absolute Gasteiger partial charge is 0.259 e. The van der Waals surface area contributed by atoms with Crippen LogP contribution in [0.4, 0.5) is 0 Å². The SMILES string of the molecule is COCCn1nnnc1C1(N(C)C)CCN(C(=O)c2ccc(OC)nc2OC)C1. The third kappa shape index (κ3) is 3.87. The number of aromatic nitrogens is 5. The topological polar surface area (TPSA) is 108 Å². The molecule has 3 rings (SSSR count). The predicted molar refractivity (Wildman–Crippen MR) is 103 cm³/mol. The standard InChI is InChI=1S/C18H27N7O4/c1-23(2)18(17-20-21-22-25(17)10-11-27-3)8-9-24(12-18)16(26)13-6-7-14(28-4)19-15(13)29-5/h6-7H,8-12H2,1-5H3. The Balaban J connectivity index is 1.88. The molecule has 2 aromatic heterocycles. The van der Waals surface area contributed by atoms with E-state index >= 15 is 0 Å². The number of carbonyl (C=O) groups is 1. The van der Waals surface area contributed by atoms with E-state index in [1.165, 1.54) is 14.2 Å². The van der Waals surface area contributed by atoms with E-state index in [2.05, 4.69) is 25.4 Å². The molecule has 158 valence electrons. The molecule has 0 radical (unpaired) electrons. The highest BCUT2D eigenvalue weighted by atomic mass is 16.5. The van der Waals surface area contributed by atoms with Crippen molar-refractivity contribution in [2.24, 2.45) is 0 Å². The summed E-state index contributed by atoms with van der Waals surface area (Å²) >= 11 is 0. The first-order valence-corrected chi connectivity index (χ1v) is 9.28. The summed E-state index contributed by atoms with van der Waals surface area (Å²) in [4.78, 5) is 21.3. The summed E-state index contributed by atoms with van der Waals surface area (Å²) in [6, 6.07) is 3.32. The van der Waals surface area contributed by atoms with Gasteiger partial charge in [-0.1, -0.05) is 0 Å². The number of hydrogen-bond acceptors (Lipinski definition) is 9. The van der Waals surface area contributed by atoms with Crippen LogP contribution < -0.4 is 9.47 Å². The van der Waals surface area contributed by atoms with Gasteiger partial charge in [-0.2, -0.15) is 4.98 Å². The van der Waals surface area contributed by atoms with Crippen LogP contribution in [0.5, 0.6) is 11.8 Å². The minimum atomic E-state index is -0.500. The number of hydrogen-bond donors (Lipinski definition) is 0. The summed E-state index contributed by atoms with van der Waals surface area (Å²) in [5, 5.41) is 12.2. The number of nitrogens with zero attached hydrogens (tertiary/aromatic N) is 7. The molecule has 0 N–H and O–H groups in total. The fourth-order valence-corrected chi connectivity index (χ4v) is 3.61. The lowest BCUT2D eigenvalue weighted by Crippen LogP contribution is -2.47. The summed E-state index contributed by atoms with van der Waals surface area (Å²) in [6.07, 6.45) is 0.699. The second-order valence-electron chi connectivity index (χ2n) is 7.03. The summed E-state index contributed by atoms with van der Waals surface area (Å²) < 4.78 is 17.3. The molecule has 0 saturated carbocycles. The Labute approximate surface area is 169 Å². The molecule has 0 aliphatic carbocycles. The van der Waals surface area contributed by atoms with Crippen LogP contribution in [0, 0.1) is 0 Å². The van der Waals surface area contributed by atoms with E-state index in [9.17, 15) is 4.79 Å². The van der Waals surface area contributed by atoms with Gasteiger partial charge < -0.3 is 19.1 Å². The zero-order valence-corrected chi connectivity index (χ0v) is 17.5. The molecule has 1 unspecified atom stereocenters. The van der Waals surface area contributed by atoms with Crippen LogP contribution >= 0.6 is 0 Å². The lowest BCUT2D eigenvalue weighted by Gasteiger charge is -2.34. The van der Waals surface area contributed by atoms with Crippen molar-refractivity contribution in [3.05, 3.63) is 23.5 Å². The normalized spacial score (nSPS) is 19.0.